The molecule has 0 saturated carbocycles. The largest absolute Gasteiger partial charge is 0.338 e. The summed E-state index contributed by atoms with van der Waals surface area (Å²) in [7, 11) is 0. The second-order valence-electron chi connectivity index (χ2n) is 7.14. The zero-order valence-electron chi connectivity index (χ0n) is 15.8. The van der Waals surface area contributed by atoms with E-state index >= 15 is 0 Å². The van der Waals surface area contributed by atoms with Crippen LogP contribution < -0.4 is 5.32 Å². The van der Waals surface area contributed by atoms with Crippen LogP contribution in [0.5, 0.6) is 0 Å². The second kappa shape index (κ2) is 8.49. The first-order valence-corrected chi connectivity index (χ1v) is 9.93. The van der Waals surface area contributed by atoms with E-state index in [1.807, 2.05) is 24.3 Å². The fourth-order valence-corrected chi connectivity index (χ4v) is 3.70. The summed E-state index contributed by atoms with van der Waals surface area (Å²) in [6, 6.07) is 16.3. The Balaban J connectivity index is 1.44. The molecule has 2 N–H and O–H groups in total. The Morgan fingerprint density at radius 3 is 2.72 bits per heavy atom. The van der Waals surface area contributed by atoms with E-state index in [1.54, 1.807) is 41.4 Å². The standard InChI is InChI=1S/C22H21ClN4O2/c23-18-6-8-19(9-7-18)25-21(28)17-5-2-12-27(14-17)22(29)16-4-1-3-15(13-16)20-10-11-24-26-20/h1,3-4,6-11,13,17H,2,5,12,14H2,(H,24,26)(H,25,28). The Hall–Kier alpha value is -3.12. The number of likely N-dealkylation sites (tertiary alicyclic amines) is 1. The van der Waals surface area contributed by atoms with Gasteiger partial charge in [0.2, 0.25) is 5.91 Å². The predicted molar refractivity (Wildman–Crippen MR) is 113 cm³/mol. The zero-order chi connectivity index (χ0) is 20.2. The predicted octanol–water partition coefficient (Wildman–Crippen LogP) is 4.22. The summed E-state index contributed by atoms with van der Waals surface area (Å²) in [5.74, 6) is -0.370. The third-order valence-corrected chi connectivity index (χ3v) is 5.36. The van der Waals surface area contributed by atoms with Crippen molar-refractivity contribution in [2.24, 2.45) is 5.92 Å². The number of aromatic amines is 1. The van der Waals surface area contributed by atoms with E-state index in [0.29, 0.717) is 29.4 Å². The Morgan fingerprint density at radius 2 is 1.97 bits per heavy atom. The molecule has 1 fully saturated rings. The van der Waals surface area contributed by atoms with E-state index in [2.05, 4.69) is 15.5 Å². The lowest BCUT2D eigenvalue weighted by Gasteiger charge is -2.32. The van der Waals surface area contributed by atoms with Crippen molar-refractivity contribution in [3.8, 4) is 11.3 Å². The number of carbonyl (C=O) groups excluding carboxylic acids is 2. The third kappa shape index (κ3) is 4.49. The number of nitrogens with zero attached hydrogens (tertiary/aromatic N) is 2. The quantitative estimate of drug-likeness (QED) is 0.678. The lowest BCUT2D eigenvalue weighted by Crippen LogP contribution is -2.43. The molecule has 0 radical (unpaired) electrons. The van der Waals surface area contributed by atoms with Crippen LogP contribution in [0.15, 0.2) is 60.8 Å². The Kier molecular flexibility index (Phi) is 5.62. The number of hydrogen-bond acceptors (Lipinski definition) is 3. The van der Waals surface area contributed by atoms with Gasteiger partial charge in [0.1, 0.15) is 0 Å². The number of halogens is 1. The number of anilines is 1. The lowest BCUT2D eigenvalue weighted by molar-refractivity contribution is -0.121. The molecule has 148 valence electrons. The summed E-state index contributed by atoms with van der Waals surface area (Å²) >= 11 is 5.89. The van der Waals surface area contributed by atoms with Crippen molar-refractivity contribution in [2.45, 2.75) is 12.8 Å². The third-order valence-electron chi connectivity index (χ3n) is 5.11. The van der Waals surface area contributed by atoms with Crippen LogP contribution in [0.25, 0.3) is 11.3 Å². The van der Waals surface area contributed by atoms with Crippen LogP contribution in [-0.4, -0.2) is 40.0 Å². The maximum atomic E-state index is 13.0. The number of nitrogens with one attached hydrogen (secondary N) is 2. The Bertz CT molecular complexity index is 1000. The van der Waals surface area contributed by atoms with Crippen molar-refractivity contribution in [1.29, 1.82) is 0 Å². The molecule has 1 aliphatic rings. The van der Waals surface area contributed by atoms with Crippen molar-refractivity contribution in [3.05, 3.63) is 71.4 Å². The molecule has 1 aliphatic heterocycles. The molecule has 1 saturated heterocycles. The van der Waals surface area contributed by atoms with Crippen LogP contribution in [0.2, 0.25) is 5.02 Å². The second-order valence-corrected chi connectivity index (χ2v) is 7.57. The van der Waals surface area contributed by atoms with Crippen LogP contribution >= 0.6 is 11.6 Å². The number of rotatable bonds is 4. The van der Waals surface area contributed by atoms with E-state index in [-0.39, 0.29) is 17.7 Å². The highest BCUT2D eigenvalue weighted by Crippen LogP contribution is 2.23. The van der Waals surface area contributed by atoms with E-state index in [9.17, 15) is 9.59 Å². The first-order valence-electron chi connectivity index (χ1n) is 9.56. The fourth-order valence-electron chi connectivity index (χ4n) is 3.57. The van der Waals surface area contributed by atoms with Crippen LogP contribution in [0.3, 0.4) is 0 Å². The first-order chi connectivity index (χ1) is 14.1. The van der Waals surface area contributed by atoms with Gasteiger partial charge in [-0.05, 0) is 55.3 Å². The fraction of sp³-hybridized carbons (Fsp3) is 0.227. The van der Waals surface area contributed by atoms with Gasteiger partial charge in [0.25, 0.3) is 5.91 Å². The lowest BCUT2D eigenvalue weighted by atomic mass is 9.96. The molecule has 1 atom stereocenters. The molecule has 2 heterocycles. The van der Waals surface area contributed by atoms with Crippen LogP contribution in [-0.2, 0) is 4.79 Å². The van der Waals surface area contributed by atoms with Crippen LogP contribution in [0, 0.1) is 5.92 Å². The Labute approximate surface area is 173 Å². The topological polar surface area (TPSA) is 78.1 Å². The summed E-state index contributed by atoms with van der Waals surface area (Å²) in [5.41, 5.74) is 3.08. The molecule has 1 unspecified atom stereocenters. The van der Waals surface area contributed by atoms with Gasteiger partial charge in [-0.25, -0.2) is 0 Å². The number of carbonyl (C=O) groups is 2. The molecule has 2 amide bonds. The molecule has 0 spiro atoms. The number of amides is 2. The number of piperidine rings is 1. The summed E-state index contributed by atoms with van der Waals surface area (Å²) in [6.45, 7) is 1.06. The number of hydrogen-bond donors (Lipinski definition) is 2. The monoisotopic (exact) mass is 408 g/mol. The minimum absolute atomic E-state index is 0.0599. The molecule has 29 heavy (non-hydrogen) atoms. The molecule has 3 aromatic rings. The Morgan fingerprint density at radius 1 is 1.14 bits per heavy atom. The smallest absolute Gasteiger partial charge is 0.253 e. The highest BCUT2D eigenvalue weighted by Gasteiger charge is 2.29. The van der Waals surface area contributed by atoms with Gasteiger partial charge >= 0.3 is 0 Å². The van der Waals surface area contributed by atoms with Crippen LogP contribution in [0.4, 0.5) is 5.69 Å². The number of benzene rings is 2. The average molecular weight is 409 g/mol. The van der Waals surface area contributed by atoms with Gasteiger partial charge in [0.05, 0.1) is 11.6 Å². The molecular weight excluding hydrogens is 388 g/mol. The van der Waals surface area contributed by atoms with Gasteiger partial charge in [0, 0.05) is 41.1 Å². The van der Waals surface area contributed by atoms with Crippen molar-refractivity contribution in [2.75, 3.05) is 18.4 Å². The maximum absolute atomic E-state index is 13.0. The van der Waals surface area contributed by atoms with E-state index < -0.39 is 0 Å². The molecule has 0 aliphatic carbocycles. The summed E-state index contributed by atoms with van der Waals surface area (Å²) < 4.78 is 0. The molecule has 4 rings (SSSR count). The minimum Gasteiger partial charge on any atom is -0.338 e. The van der Waals surface area contributed by atoms with Crippen molar-refractivity contribution in [1.82, 2.24) is 15.1 Å². The number of aromatic nitrogens is 2. The van der Waals surface area contributed by atoms with Crippen molar-refractivity contribution >= 4 is 29.1 Å². The molecule has 2 aromatic carbocycles. The molecular formula is C22H21ClN4O2. The van der Waals surface area contributed by atoms with Gasteiger partial charge in [-0.2, -0.15) is 5.10 Å². The first kappa shape index (κ1) is 19.2. The van der Waals surface area contributed by atoms with Crippen molar-refractivity contribution < 1.29 is 9.59 Å². The summed E-state index contributed by atoms with van der Waals surface area (Å²) in [4.78, 5) is 27.5. The van der Waals surface area contributed by atoms with Gasteiger partial charge in [0.15, 0.2) is 0 Å². The van der Waals surface area contributed by atoms with Crippen LogP contribution in [0.1, 0.15) is 23.2 Å². The van der Waals surface area contributed by atoms with E-state index in [0.717, 1.165) is 24.1 Å². The van der Waals surface area contributed by atoms with Crippen molar-refractivity contribution in [3.63, 3.8) is 0 Å². The molecule has 1 aromatic heterocycles. The molecule has 7 heteroatoms. The molecule has 6 nitrogen and oxygen atoms in total. The summed E-state index contributed by atoms with van der Waals surface area (Å²) in [6.07, 6.45) is 3.24. The maximum Gasteiger partial charge on any atom is 0.253 e. The normalized spacial score (nSPS) is 16.4. The van der Waals surface area contributed by atoms with E-state index in [1.165, 1.54) is 0 Å². The van der Waals surface area contributed by atoms with Gasteiger partial charge in [-0.3, -0.25) is 14.7 Å². The molecule has 0 bridgehead atoms. The zero-order valence-corrected chi connectivity index (χ0v) is 16.5. The highest BCUT2D eigenvalue weighted by atomic mass is 35.5. The SMILES string of the molecule is O=C(Nc1ccc(Cl)cc1)C1CCCN(C(=O)c2cccc(-c3ccn[nH]3)c2)C1. The minimum atomic E-state index is -0.237. The van der Waals surface area contributed by atoms with Gasteiger partial charge in [-0.1, -0.05) is 23.7 Å². The average Bonchev–Trinajstić information content (AvgIpc) is 3.30. The number of H-pyrrole nitrogens is 1. The van der Waals surface area contributed by atoms with Gasteiger partial charge < -0.3 is 10.2 Å². The van der Waals surface area contributed by atoms with E-state index in [4.69, 9.17) is 11.6 Å². The van der Waals surface area contributed by atoms with Gasteiger partial charge in [-0.15, -0.1) is 0 Å². The summed E-state index contributed by atoms with van der Waals surface area (Å²) in [5, 5.41) is 10.4. The highest BCUT2D eigenvalue weighted by molar-refractivity contribution is 6.30.